The molecule has 0 heterocycles. The quantitative estimate of drug-likeness (QED) is 0.804. The van der Waals surface area contributed by atoms with Crippen LogP contribution in [0.4, 0.5) is 4.39 Å². The number of rotatable bonds is 4. The van der Waals surface area contributed by atoms with Crippen LogP contribution in [0, 0.1) is 18.2 Å². The molecule has 0 amide bonds. The summed E-state index contributed by atoms with van der Waals surface area (Å²) in [6.07, 6.45) is 0.972. The van der Waals surface area contributed by atoms with Crippen LogP contribution < -0.4 is 5.32 Å². The summed E-state index contributed by atoms with van der Waals surface area (Å²) in [5.41, 5.74) is 2.48. The van der Waals surface area contributed by atoms with E-state index in [1.54, 1.807) is 6.07 Å². The molecule has 0 unspecified atom stereocenters. The van der Waals surface area contributed by atoms with Crippen molar-refractivity contribution in [3.63, 3.8) is 0 Å². The van der Waals surface area contributed by atoms with Crippen LogP contribution >= 0.6 is 0 Å². The molecule has 84 valence electrons. The van der Waals surface area contributed by atoms with Gasteiger partial charge in [-0.1, -0.05) is 19.9 Å². The minimum atomic E-state index is -0.150. The first kappa shape index (κ1) is 12.2. The van der Waals surface area contributed by atoms with E-state index < -0.39 is 0 Å². The number of benzene rings is 1. The molecule has 1 aromatic rings. The second-order valence-corrected chi connectivity index (χ2v) is 4.94. The van der Waals surface area contributed by atoms with Crippen molar-refractivity contribution in [2.45, 2.75) is 27.2 Å². The highest BCUT2D eigenvalue weighted by Gasteiger charge is 2.18. The van der Waals surface area contributed by atoms with Crippen LogP contribution in [-0.4, -0.2) is 13.6 Å². The lowest BCUT2D eigenvalue weighted by Gasteiger charge is -2.25. The molecule has 0 fully saturated rings. The largest absolute Gasteiger partial charge is 0.319 e. The van der Waals surface area contributed by atoms with Crippen molar-refractivity contribution >= 4 is 0 Å². The predicted octanol–water partition coefficient (Wildman–Crippen LogP) is 2.92. The van der Waals surface area contributed by atoms with Crippen LogP contribution in [0.5, 0.6) is 0 Å². The minimum Gasteiger partial charge on any atom is -0.319 e. The Morgan fingerprint density at radius 2 is 2.00 bits per heavy atom. The SMILES string of the molecule is CNCC(C)(C)Cc1ccc(F)cc1C. The summed E-state index contributed by atoms with van der Waals surface area (Å²) in [6, 6.07) is 5.03. The molecule has 1 nitrogen and oxygen atoms in total. The summed E-state index contributed by atoms with van der Waals surface area (Å²) < 4.78 is 12.9. The van der Waals surface area contributed by atoms with Gasteiger partial charge in [0.05, 0.1) is 0 Å². The molecule has 1 N–H and O–H groups in total. The van der Waals surface area contributed by atoms with E-state index in [0.717, 1.165) is 18.5 Å². The van der Waals surface area contributed by atoms with Crippen molar-refractivity contribution in [3.05, 3.63) is 35.1 Å². The molecule has 1 rings (SSSR count). The molecule has 15 heavy (non-hydrogen) atoms. The van der Waals surface area contributed by atoms with Gasteiger partial charge < -0.3 is 5.32 Å². The summed E-state index contributed by atoms with van der Waals surface area (Å²) in [5.74, 6) is -0.150. The third-order valence-electron chi connectivity index (χ3n) is 2.63. The molecule has 2 heteroatoms. The van der Waals surface area contributed by atoms with E-state index in [2.05, 4.69) is 19.2 Å². The Hall–Kier alpha value is -0.890. The Morgan fingerprint density at radius 1 is 1.33 bits per heavy atom. The van der Waals surface area contributed by atoms with Gasteiger partial charge in [-0.2, -0.15) is 0 Å². The zero-order chi connectivity index (χ0) is 11.5. The van der Waals surface area contributed by atoms with Crippen LogP contribution in [0.3, 0.4) is 0 Å². The van der Waals surface area contributed by atoms with Gasteiger partial charge in [0.25, 0.3) is 0 Å². The highest BCUT2D eigenvalue weighted by molar-refractivity contribution is 5.27. The summed E-state index contributed by atoms with van der Waals surface area (Å²) in [6.45, 7) is 7.36. The van der Waals surface area contributed by atoms with Crippen LogP contribution in [0.15, 0.2) is 18.2 Å². The first-order valence-electron chi connectivity index (χ1n) is 5.34. The van der Waals surface area contributed by atoms with Gasteiger partial charge in [-0.15, -0.1) is 0 Å². The lowest BCUT2D eigenvalue weighted by Crippen LogP contribution is -2.28. The Balaban J connectivity index is 2.80. The lowest BCUT2D eigenvalue weighted by molar-refractivity contribution is 0.349. The molecule has 0 radical (unpaired) electrons. The molecule has 0 saturated heterocycles. The molecule has 0 aliphatic rings. The highest BCUT2D eigenvalue weighted by atomic mass is 19.1. The normalized spacial score (nSPS) is 11.8. The third kappa shape index (κ3) is 3.63. The molecule has 1 aromatic carbocycles. The molecule has 0 aliphatic carbocycles. The molecule has 0 aliphatic heterocycles. The van der Waals surface area contributed by atoms with Crippen molar-refractivity contribution < 1.29 is 4.39 Å². The maximum Gasteiger partial charge on any atom is 0.123 e. The van der Waals surface area contributed by atoms with E-state index in [9.17, 15) is 4.39 Å². The van der Waals surface area contributed by atoms with Crippen LogP contribution in [0.2, 0.25) is 0 Å². The molecule has 0 aromatic heterocycles. The van der Waals surface area contributed by atoms with E-state index in [1.807, 2.05) is 20.0 Å². The minimum absolute atomic E-state index is 0.150. The van der Waals surface area contributed by atoms with Gasteiger partial charge in [-0.05, 0) is 49.1 Å². The fourth-order valence-electron chi connectivity index (χ4n) is 1.91. The van der Waals surface area contributed by atoms with Crippen molar-refractivity contribution in [3.8, 4) is 0 Å². The summed E-state index contributed by atoms with van der Waals surface area (Å²) in [4.78, 5) is 0. The van der Waals surface area contributed by atoms with Gasteiger partial charge in [-0.25, -0.2) is 4.39 Å². The average Bonchev–Trinajstić information content (AvgIpc) is 2.09. The van der Waals surface area contributed by atoms with Crippen molar-refractivity contribution in [1.82, 2.24) is 5.32 Å². The van der Waals surface area contributed by atoms with E-state index in [1.165, 1.54) is 11.6 Å². The Morgan fingerprint density at radius 3 is 2.53 bits per heavy atom. The topological polar surface area (TPSA) is 12.0 Å². The van der Waals surface area contributed by atoms with Crippen molar-refractivity contribution in [2.75, 3.05) is 13.6 Å². The molecule has 0 saturated carbocycles. The van der Waals surface area contributed by atoms with Gasteiger partial charge in [0, 0.05) is 6.54 Å². The molecular formula is C13H20FN. The second-order valence-electron chi connectivity index (χ2n) is 4.94. The number of nitrogens with one attached hydrogen (secondary N) is 1. The highest BCUT2D eigenvalue weighted by Crippen LogP contribution is 2.23. The molecule has 0 atom stereocenters. The maximum absolute atomic E-state index is 12.9. The van der Waals surface area contributed by atoms with Crippen molar-refractivity contribution in [1.29, 1.82) is 0 Å². The van der Waals surface area contributed by atoms with Crippen molar-refractivity contribution in [2.24, 2.45) is 5.41 Å². The Labute approximate surface area is 91.7 Å². The van der Waals surface area contributed by atoms with E-state index in [0.29, 0.717) is 0 Å². The Kier molecular flexibility index (Phi) is 3.86. The van der Waals surface area contributed by atoms with Crippen LogP contribution in [0.25, 0.3) is 0 Å². The van der Waals surface area contributed by atoms with Crippen LogP contribution in [-0.2, 0) is 6.42 Å². The monoisotopic (exact) mass is 209 g/mol. The molecular weight excluding hydrogens is 189 g/mol. The summed E-state index contributed by atoms with van der Waals surface area (Å²) in [5, 5.41) is 3.18. The number of halogens is 1. The summed E-state index contributed by atoms with van der Waals surface area (Å²) in [7, 11) is 1.96. The summed E-state index contributed by atoms with van der Waals surface area (Å²) >= 11 is 0. The van der Waals surface area contributed by atoms with Crippen LogP contribution in [0.1, 0.15) is 25.0 Å². The van der Waals surface area contributed by atoms with Gasteiger partial charge in [0.15, 0.2) is 0 Å². The predicted molar refractivity (Wildman–Crippen MR) is 62.5 cm³/mol. The fraction of sp³-hybridized carbons (Fsp3) is 0.538. The third-order valence-corrected chi connectivity index (χ3v) is 2.63. The fourth-order valence-corrected chi connectivity index (χ4v) is 1.91. The lowest BCUT2D eigenvalue weighted by atomic mass is 9.84. The number of hydrogen-bond donors (Lipinski definition) is 1. The van der Waals surface area contributed by atoms with Gasteiger partial charge in [-0.3, -0.25) is 0 Å². The first-order valence-corrected chi connectivity index (χ1v) is 5.34. The zero-order valence-electron chi connectivity index (χ0n) is 10.0. The number of hydrogen-bond acceptors (Lipinski definition) is 1. The first-order chi connectivity index (χ1) is 6.94. The van der Waals surface area contributed by atoms with Gasteiger partial charge >= 0.3 is 0 Å². The Bertz CT molecular complexity index is 331. The smallest absolute Gasteiger partial charge is 0.123 e. The molecule has 0 bridgehead atoms. The molecule has 0 spiro atoms. The number of aryl methyl sites for hydroxylation is 1. The maximum atomic E-state index is 12.9. The standard InChI is InChI=1S/C13H20FN/c1-10-7-12(14)6-5-11(10)8-13(2,3)9-15-4/h5-7,15H,8-9H2,1-4H3. The van der Waals surface area contributed by atoms with Gasteiger partial charge in [0.2, 0.25) is 0 Å². The van der Waals surface area contributed by atoms with E-state index in [4.69, 9.17) is 0 Å². The van der Waals surface area contributed by atoms with E-state index in [-0.39, 0.29) is 11.2 Å². The average molecular weight is 209 g/mol. The second kappa shape index (κ2) is 4.75. The van der Waals surface area contributed by atoms with E-state index >= 15 is 0 Å². The zero-order valence-corrected chi connectivity index (χ0v) is 10.0. The van der Waals surface area contributed by atoms with Gasteiger partial charge in [0.1, 0.15) is 5.82 Å².